The first-order valence-electron chi connectivity index (χ1n) is 6.36. The Morgan fingerprint density at radius 2 is 1.92 bits per heavy atom. The Labute approximate surface area is 138 Å². The largest absolute Gasteiger partial charge is 0.481 e. The fraction of sp³-hybridized carbons (Fsp3) is 0.625. The van der Waals surface area contributed by atoms with Gasteiger partial charge in [0.15, 0.2) is 6.23 Å². The van der Waals surface area contributed by atoms with Crippen LogP contribution in [0.15, 0.2) is 11.1 Å². The monoisotopic (exact) mass is 404 g/mol. The molecular weight excluding hydrogens is 390 g/mol. The standard InChI is InChI=1S/C8H14N4O11P2/c9-7-10-2-12(8(15)11-7)6-5(14)4(13)3(22-6)1-21-25(19,20)23-24(16,17)18/h2-6,13-14H,1H2,(H,19,20)(H2,9,11,15)(H2,16,17,18)/t3-,4+,5+,6-/m1/s1. The van der Waals surface area contributed by atoms with Gasteiger partial charge in [0.2, 0.25) is 5.95 Å². The molecule has 0 aliphatic carbocycles. The Kier molecular flexibility index (Phi) is 5.75. The fourth-order valence-electron chi connectivity index (χ4n) is 1.95. The molecule has 1 fully saturated rings. The molecule has 1 aromatic heterocycles. The molecular formula is C8H14N4O11P2. The van der Waals surface area contributed by atoms with Crippen molar-refractivity contribution in [3.8, 4) is 0 Å². The Morgan fingerprint density at radius 1 is 1.28 bits per heavy atom. The molecule has 7 N–H and O–H groups in total. The minimum atomic E-state index is -5.31. The van der Waals surface area contributed by atoms with Crippen molar-refractivity contribution >= 4 is 21.6 Å². The molecule has 17 heteroatoms. The van der Waals surface area contributed by atoms with Gasteiger partial charge in [-0.3, -0.25) is 9.09 Å². The van der Waals surface area contributed by atoms with Gasteiger partial charge in [0.25, 0.3) is 0 Å². The number of aromatic nitrogens is 3. The van der Waals surface area contributed by atoms with E-state index in [1.807, 2.05) is 0 Å². The molecule has 0 aromatic carbocycles. The van der Waals surface area contributed by atoms with Crippen LogP contribution in [0.3, 0.4) is 0 Å². The number of phosphoric ester groups is 1. The highest BCUT2D eigenvalue weighted by Crippen LogP contribution is 2.57. The van der Waals surface area contributed by atoms with Crippen molar-refractivity contribution in [2.75, 3.05) is 12.3 Å². The first-order chi connectivity index (χ1) is 11.4. The van der Waals surface area contributed by atoms with Gasteiger partial charge in [0.1, 0.15) is 24.6 Å². The maximum atomic E-state index is 11.7. The highest BCUT2D eigenvalue weighted by atomic mass is 31.3. The van der Waals surface area contributed by atoms with Gasteiger partial charge in [0.05, 0.1) is 6.61 Å². The van der Waals surface area contributed by atoms with Crippen molar-refractivity contribution in [1.82, 2.24) is 14.5 Å². The van der Waals surface area contributed by atoms with Crippen LogP contribution >= 0.6 is 15.6 Å². The van der Waals surface area contributed by atoms with Crippen molar-refractivity contribution in [2.45, 2.75) is 24.5 Å². The molecule has 0 amide bonds. The molecule has 1 unspecified atom stereocenters. The average Bonchev–Trinajstić information content (AvgIpc) is 2.71. The predicted molar refractivity (Wildman–Crippen MR) is 75.5 cm³/mol. The van der Waals surface area contributed by atoms with Gasteiger partial charge < -0.3 is 35.4 Å². The fourth-order valence-corrected chi connectivity index (χ4v) is 3.55. The molecule has 25 heavy (non-hydrogen) atoms. The van der Waals surface area contributed by atoms with Crippen LogP contribution in [0.4, 0.5) is 5.95 Å². The Bertz CT molecular complexity index is 780. The molecule has 0 spiro atoms. The minimum Gasteiger partial charge on any atom is -0.387 e. The number of ether oxygens (including phenoxy) is 1. The van der Waals surface area contributed by atoms with Gasteiger partial charge in [-0.15, -0.1) is 0 Å². The summed E-state index contributed by atoms with van der Waals surface area (Å²) in [5.41, 5.74) is 4.27. The lowest BCUT2D eigenvalue weighted by atomic mass is 10.1. The normalized spacial score (nSPS) is 29.5. The maximum Gasteiger partial charge on any atom is 0.481 e. The summed E-state index contributed by atoms with van der Waals surface area (Å²) in [6, 6.07) is 0. The number of nitrogens with two attached hydrogens (primary N) is 1. The average molecular weight is 404 g/mol. The third-order valence-electron chi connectivity index (χ3n) is 2.97. The Morgan fingerprint density at radius 3 is 2.48 bits per heavy atom. The molecule has 1 aliphatic heterocycles. The molecule has 0 bridgehead atoms. The van der Waals surface area contributed by atoms with E-state index in [0.717, 1.165) is 10.9 Å². The van der Waals surface area contributed by atoms with Crippen molar-refractivity contribution in [2.24, 2.45) is 0 Å². The van der Waals surface area contributed by atoms with Crippen LogP contribution < -0.4 is 11.4 Å². The van der Waals surface area contributed by atoms with E-state index < -0.39 is 52.5 Å². The molecule has 15 nitrogen and oxygen atoms in total. The maximum absolute atomic E-state index is 11.7. The molecule has 1 aliphatic rings. The van der Waals surface area contributed by atoms with Crippen molar-refractivity contribution < 1.29 is 47.6 Å². The highest BCUT2D eigenvalue weighted by Gasteiger charge is 2.45. The number of nitrogens with zero attached hydrogens (tertiary/aromatic N) is 3. The zero-order chi connectivity index (χ0) is 19.0. The van der Waals surface area contributed by atoms with E-state index in [2.05, 4.69) is 18.8 Å². The summed E-state index contributed by atoms with van der Waals surface area (Å²) in [5.74, 6) is -0.329. The molecule has 0 radical (unpaired) electrons. The van der Waals surface area contributed by atoms with Crippen LogP contribution in [0, 0.1) is 0 Å². The number of hydrogen-bond acceptors (Lipinski definition) is 11. The number of aliphatic hydroxyl groups is 2. The highest BCUT2D eigenvalue weighted by molar-refractivity contribution is 7.60. The van der Waals surface area contributed by atoms with Crippen LogP contribution in [-0.2, 0) is 22.7 Å². The van der Waals surface area contributed by atoms with E-state index >= 15 is 0 Å². The number of aliphatic hydroxyl groups excluding tert-OH is 2. The second-order valence-electron chi connectivity index (χ2n) is 4.79. The quantitative estimate of drug-likeness (QED) is 0.260. The third-order valence-corrected chi connectivity index (χ3v) is 5.12. The summed E-state index contributed by atoms with van der Waals surface area (Å²) in [7, 11) is -10.5. The van der Waals surface area contributed by atoms with E-state index in [1.54, 1.807) is 0 Å². The van der Waals surface area contributed by atoms with Gasteiger partial charge in [-0.2, -0.15) is 9.29 Å². The zero-order valence-electron chi connectivity index (χ0n) is 12.1. The summed E-state index contributed by atoms with van der Waals surface area (Å²) < 4.78 is 35.6. The molecule has 0 saturated carbocycles. The van der Waals surface area contributed by atoms with E-state index in [9.17, 15) is 24.1 Å². The molecule has 5 atom stereocenters. The Hall–Kier alpha value is -1.25. The van der Waals surface area contributed by atoms with E-state index in [1.165, 1.54) is 0 Å². The lowest BCUT2D eigenvalue weighted by Gasteiger charge is -2.17. The van der Waals surface area contributed by atoms with Gasteiger partial charge in [-0.1, -0.05) is 0 Å². The predicted octanol–water partition coefficient (Wildman–Crippen LogP) is -2.93. The number of hydrogen-bond donors (Lipinski definition) is 6. The first-order valence-corrected chi connectivity index (χ1v) is 9.39. The number of anilines is 1. The second kappa shape index (κ2) is 7.17. The van der Waals surface area contributed by atoms with E-state index in [-0.39, 0.29) is 5.95 Å². The molecule has 142 valence electrons. The Balaban J connectivity index is 2.08. The van der Waals surface area contributed by atoms with Crippen molar-refractivity contribution in [3.05, 3.63) is 16.8 Å². The van der Waals surface area contributed by atoms with Gasteiger partial charge >= 0.3 is 21.3 Å². The summed E-state index contributed by atoms with van der Waals surface area (Å²) in [6.45, 7) is -0.896. The number of nitrogen functional groups attached to an aromatic ring is 1. The van der Waals surface area contributed by atoms with Crippen LogP contribution in [0.1, 0.15) is 6.23 Å². The second-order valence-corrected chi connectivity index (χ2v) is 7.62. The summed E-state index contributed by atoms with van der Waals surface area (Å²) in [6.07, 6.45) is -5.34. The van der Waals surface area contributed by atoms with E-state index in [4.69, 9.17) is 25.2 Å². The van der Waals surface area contributed by atoms with Gasteiger partial charge in [-0.25, -0.2) is 18.9 Å². The van der Waals surface area contributed by atoms with Crippen LogP contribution in [-0.4, -0.2) is 64.3 Å². The minimum absolute atomic E-state index is 0.329. The summed E-state index contributed by atoms with van der Waals surface area (Å²) in [4.78, 5) is 44.6. The van der Waals surface area contributed by atoms with Crippen LogP contribution in [0.2, 0.25) is 0 Å². The number of phosphoric acid groups is 2. The molecule has 1 saturated heterocycles. The van der Waals surface area contributed by atoms with E-state index in [0.29, 0.717) is 0 Å². The molecule has 1 aromatic rings. The molecule has 2 rings (SSSR count). The van der Waals surface area contributed by atoms with Crippen molar-refractivity contribution in [1.29, 1.82) is 0 Å². The zero-order valence-corrected chi connectivity index (χ0v) is 13.9. The molecule has 2 heterocycles. The SMILES string of the molecule is Nc1ncn([C@@H]2O[C@H](COP(=O)(O)OP(=O)(O)O)[C@H](O)[C@@H]2O)c(=O)n1. The lowest BCUT2D eigenvalue weighted by molar-refractivity contribution is -0.0546. The topological polar surface area (TPSA) is 237 Å². The summed E-state index contributed by atoms with van der Waals surface area (Å²) in [5, 5.41) is 19.8. The van der Waals surface area contributed by atoms with Gasteiger partial charge in [-0.05, 0) is 0 Å². The first kappa shape index (κ1) is 20.1. The summed E-state index contributed by atoms with van der Waals surface area (Å²) >= 11 is 0. The van der Waals surface area contributed by atoms with Crippen LogP contribution in [0.5, 0.6) is 0 Å². The van der Waals surface area contributed by atoms with Crippen LogP contribution in [0.25, 0.3) is 0 Å². The number of rotatable bonds is 6. The van der Waals surface area contributed by atoms with Gasteiger partial charge in [0, 0.05) is 0 Å². The van der Waals surface area contributed by atoms with Crippen molar-refractivity contribution in [3.63, 3.8) is 0 Å². The third kappa shape index (κ3) is 5.12. The smallest absolute Gasteiger partial charge is 0.387 e. The lowest BCUT2D eigenvalue weighted by Crippen LogP contribution is -2.36.